The first-order valence-corrected chi connectivity index (χ1v) is 8.75. The Hall–Kier alpha value is -2.47. The third-order valence-corrected chi connectivity index (χ3v) is 4.70. The number of rotatable bonds is 4. The van der Waals surface area contributed by atoms with Crippen LogP contribution >= 0.6 is 0 Å². The average molecular weight is 340 g/mol. The third kappa shape index (κ3) is 3.96. The summed E-state index contributed by atoms with van der Waals surface area (Å²) in [5.74, 6) is -0.0955. The number of amides is 1. The van der Waals surface area contributed by atoms with Gasteiger partial charge in [0.2, 0.25) is 5.91 Å². The topological polar surface area (TPSA) is 81.2 Å². The molecule has 1 aromatic heterocycles. The average Bonchev–Trinajstić information content (AvgIpc) is 2.64. The molecule has 1 saturated heterocycles. The molecule has 1 fully saturated rings. The van der Waals surface area contributed by atoms with Crippen LogP contribution in [0.2, 0.25) is 0 Å². The highest BCUT2D eigenvalue weighted by atomic mass is 16.2. The molecule has 6 nitrogen and oxygen atoms in total. The maximum Gasteiger partial charge on any atom is 0.267 e. The van der Waals surface area contributed by atoms with Crippen molar-refractivity contribution in [1.29, 1.82) is 0 Å². The molecule has 1 aliphatic rings. The molecular formula is C19H24N4O2. The Balaban J connectivity index is 1.82. The Morgan fingerprint density at radius 3 is 2.72 bits per heavy atom. The van der Waals surface area contributed by atoms with Crippen LogP contribution in [0, 0.1) is 0 Å². The number of benzene rings is 1. The van der Waals surface area contributed by atoms with Gasteiger partial charge in [-0.15, -0.1) is 0 Å². The lowest BCUT2D eigenvalue weighted by molar-refractivity contribution is -0.136. The number of piperidine rings is 1. The molecule has 0 spiro atoms. The Morgan fingerprint density at radius 2 is 2.00 bits per heavy atom. The van der Waals surface area contributed by atoms with Crippen LogP contribution in [-0.2, 0) is 11.3 Å². The molecule has 132 valence electrons. The van der Waals surface area contributed by atoms with E-state index in [4.69, 9.17) is 5.73 Å². The number of carbonyl (C=O) groups is 1. The minimum absolute atomic E-state index is 0.0364. The van der Waals surface area contributed by atoms with E-state index in [1.165, 1.54) is 10.7 Å². The van der Waals surface area contributed by atoms with Crippen molar-refractivity contribution in [2.24, 2.45) is 5.73 Å². The van der Waals surface area contributed by atoms with Gasteiger partial charge in [-0.2, -0.15) is 5.10 Å². The molecule has 1 aliphatic heterocycles. The predicted octanol–water partition coefficient (Wildman–Crippen LogP) is 1.64. The van der Waals surface area contributed by atoms with Gasteiger partial charge in [0, 0.05) is 30.3 Å². The van der Waals surface area contributed by atoms with Gasteiger partial charge in [-0.25, -0.2) is 4.68 Å². The molecule has 2 N–H and O–H groups in total. The minimum atomic E-state index is -0.276. The van der Waals surface area contributed by atoms with Crippen LogP contribution in [0.1, 0.15) is 26.2 Å². The van der Waals surface area contributed by atoms with Crippen LogP contribution in [0.4, 0.5) is 0 Å². The molecule has 2 atom stereocenters. The molecular weight excluding hydrogens is 316 g/mol. The van der Waals surface area contributed by atoms with E-state index >= 15 is 0 Å². The Labute approximate surface area is 147 Å². The molecule has 6 heteroatoms. The first-order chi connectivity index (χ1) is 12.1. The van der Waals surface area contributed by atoms with Crippen LogP contribution in [0.3, 0.4) is 0 Å². The summed E-state index contributed by atoms with van der Waals surface area (Å²) >= 11 is 0. The van der Waals surface area contributed by atoms with Crippen molar-refractivity contribution in [3.63, 3.8) is 0 Å². The fraction of sp³-hybridized carbons (Fsp3) is 0.421. The van der Waals surface area contributed by atoms with Gasteiger partial charge in [0.1, 0.15) is 6.54 Å². The molecule has 2 unspecified atom stereocenters. The monoisotopic (exact) mass is 340 g/mol. The van der Waals surface area contributed by atoms with Crippen LogP contribution in [0.25, 0.3) is 11.3 Å². The number of hydrogen-bond acceptors (Lipinski definition) is 4. The summed E-state index contributed by atoms with van der Waals surface area (Å²) in [6, 6.07) is 12.7. The van der Waals surface area contributed by atoms with Crippen LogP contribution in [0.15, 0.2) is 47.3 Å². The number of likely N-dealkylation sites (tertiary alicyclic amines) is 1. The maximum absolute atomic E-state index is 12.8. The van der Waals surface area contributed by atoms with Gasteiger partial charge in [-0.1, -0.05) is 30.3 Å². The van der Waals surface area contributed by atoms with Crippen molar-refractivity contribution in [3.8, 4) is 11.3 Å². The largest absolute Gasteiger partial charge is 0.337 e. The second kappa shape index (κ2) is 7.61. The highest BCUT2D eigenvalue weighted by Crippen LogP contribution is 2.19. The van der Waals surface area contributed by atoms with Gasteiger partial charge in [-0.3, -0.25) is 9.59 Å². The minimum Gasteiger partial charge on any atom is -0.337 e. The molecule has 1 aromatic carbocycles. The molecule has 3 rings (SSSR count). The van der Waals surface area contributed by atoms with Crippen molar-refractivity contribution >= 4 is 5.91 Å². The molecule has 0 bridgehead atoms. The predicted molar refractivity (Wildman–Crippen MR) is 96.9 cm³/mol. The lowest BCUT2D eigenvalue weighted by Gasteiger charge is -2.38. The fourth-order valence-electron chi connectivity index (χ4n) is 3.36. The van der Waals surface area contributed by atoms with Crippen molar-refractivity contribution in [2.45, 2.75) is 44.8 Å². The number of carbonyl (C=O) groups excluding carboxylic acids is 1. The number of hydrogen-bond donors (Lipinski definition) is 1. The van der Waals surface area contributed by atoms with Crippen LogP contribution in [-0.4, -0.2) is 39.2 Å². The zero-order chi connectivity index (χ0) is 17.8. The van der Waals surface area contributed by atoms with Gasteiger partial charge in [0.05, 0.1) is 5.69 Å². The molecule has 25 heavy (non-hydrogen) atoms. The SMILES string of the molecule is CC(N)C1CCCCN1C(=O)Cn1nc(-c2ccccc2)ccc1=O. The molecule has 1 amide bonds. The molecule has 2 heterocycles. The summed E-state index contributed by atoms with van der Waals surface area (Å²) in [5, 5.41) is 4.37. The van der Waals surface area contributed by atoms with E-state index < -0.39 is 0 Å². The highest BCUT2D eigenvalue weighted by Gasteiger charge is 2.29. The van der Waals surface area contributed by atoms with E-state index in [2.05, 4.69) is 5.10 Å². The summed E-state index contributed by atoms with van der Waals surface area (Å²) in [5.41, 5.74) is 7.35. The van der Waals surface area contributed by atoms with Crippen molar-refractivity contribution in [3.05, 3.63) is 52.8 Å². The second-order valence-electron chi connectivity index (χ2n) is 6.59. The zero-order valence-corrected chi connectivity index (χ0v) is 14.5. The first-order valence-electron chi connectivity index (χ1n) is 8.75. The van der Waals surface area contributed by atoms with E-state index in [1.54, 1.807) is 6.07 Å². The van der Waals surface area contributed by atoms with Crippen molar-refractivity contribution < 1.29 is 4.79 Å². The molecule has 0 aliphatic carbocycles. The summed E-state index contributed by atoms with van der Waals surface area (Å²) < 4.78 is 1.25. The van der Waals surface area contributed by atoms with Crippen molar-refractivity contribution in [2.75, 3.05) is 6.54 Å². The standard InChI is InChI=1S/C19H24N4O2/c1-14(20)17-9-5-6-12-22(17)19(25)13-23-18(24)11-10-16(21-23)15-7-3-2-4-8-15/h2-4,7-8,10-11,14,17H,5-6,9,12-13,20H2,1H3. The Bertz CT molecular complexity index is 786. The fourth-order valence-corrected chi connectivity index (χ4v) is 3.36. The number of nitrogens with zero attached hydrogens (tertiary/aromatic N) is 3. The second-order valence-corrected chi connectivity index (χ2v) is 6.59. The van der Waals surface area contributed by atoms with Crippen LogP contribution in [0.5, 0.6) is 0 Å². The first kappa shape index (κ1) is 17.4. The van der Waals surface area contributed by atoms with Gasteiger partial charge in [0.25, 0.3) is 5.56 Å². The lowest BCUT2D eigenvalue weighted by atomic mass is 9.97. The highest BCUT2D eigenvalue weighted by molar-refractivity contribution is 5.76. The smallest absolute Gasteiger partial charge is 0.267 e. The molecule has 0 radical (unpaired) electrons. The molecule has 0 saturated carbocycles. The number of aromatic nitrogens is 2. The quantitative estimate of drug-likeness (QED) is 0.917. The van der Waals surface area contributed by atoms with E-state index in [-0.39, 0.29) is 30.1 Å². The lowest BCUT2D eigenvalue weighted by Crippen LogP contribution is -2.53. The van der Waals surface area contributed by atoms with Gasteiger partial charge >= 0.3 is 0 Å². The molecule has 2 aromatic rings. The summed E-state index contributed by atoms with van der Waals surface area (Å²) in [7, 11) is 0. The Kier molecular flexibility index (Phi) is 5.28. The van der Waals surface area contributed by atoms with Gasteiger partial charge in [0.15, 0.2) is 0 Å². The van der Waals surface area contributed by atoms with E-state index in [1.807, 2.05) is 42.2 Å². The summed E-state index contributed by atoms with van der Waals surface area (Å²) in [6.07, 6.45) is 2.97. The normalized spacial score (nSPS) is 18.8. The van der Waals surface area contributed by atoms with Gasteiger partial charge in [-0.05, 0) is 32.3 Å². The van der Waals surface area contributed by atoms with Gasteiger partial charge < -0.3 is 10.6 Å². The Morgan fingerprint density at radius 1 is 1.24 bits per heavy atom. The summed E-state index contributed by atoms with van der Waals surface area (Å²) in [6.45, 7) is 2.57. The van der Waals surface area contributed by atoms with E-state index in [9.17, 15) is 9.59 Å². The van der Waals surface area contributed by atoms with Crippen LogP contribution < -0.4 is 11.3 Å². The zero-order valence-electron chi connectivity index (χ0n) is 14.5. The van der Waals surface area contributed by atoms with E-state index in [0.29, 0.717) is 12.2 Å². The van der Waals surface area contributed by atoms with E-state index in [0.717, 1.165) is 24.8 Å². The van der Waals surface area contributed by atoms with Crippen molar-refractivity contribution in [1.82, 2.24) is 14.7 Å². The maximum atomic E-state index is 12.8. The third-order valence-electron chi connectivity index (χ3n) is 4.70. The number of nitrogens with two attached hydrogens (primary N) is 1. The summed E-state index contributed by atoms with van der Waals surface area (Å²) in [4.78, 5) is 26.7.